The van der Waals surface area contributed by atoms with Crippen molar-refractivity contribution in [2.75, 3.05) is 14.2 Å². The number of benzene rings is 1. The summed E-state index contributed by atoms with van der Waals surface area (Å²) in [5, 5.41) is 17.6. The summed E-state index contributed by atoms with van der Waals surface area (Å²) in [5.41, 5.74) is 0.640. The van der Waals surface area contributed by atoms with Gasteiger partial charge in [-0.25, -0.2) is 0 Å². The lowest BCUT2D eigenvalue weighted by molar-refractivity contribution is -0.139. The highest BCUT2D eigenvalue weighted by Crippen LogP contribution is 2.32. The fourth-order valence-corrected chi connectivity index (χ4v) is 1.52. The van der Waals surface area contributed by atoms with Gasteiger partial charge in [0.1, 0.15) is 5.92 Å². The van der Waals surface area contributed by atoms with Crippen molar-refractivity contribution in [3.05, 3.63) is 23.8 Å². The standard InChI is InChI=1S/C12H13NO4/c1-16-10-5-3-4-8(11(10)17-2)6-9(7-13)12(14)15/h3-5,9H,6H2,1-2H3,(H,14,15)/t9-/m0/s1. The molecule has 0 saturated heterocycles. The summed E-state index contributed by atoms with van der Waals surface area (Å²) in [6.45, 7) is 0. The third kappa shape index (κ3) is 2.88. The molecule has 0 aliphatic rings. The van der Waals surface area contributed by atoms with Crippen LogP contribution in [0.4, 0.5) is 0 Å². The number of carboxylic acid groups (broad SMARTS) is 1. The number of nitrogens with zero attached hydrogens (tertiary/aromatic N) is 1. The molecule has 1 atom stereocenters. The minimum Gasteiger partial charge on any atom is -0.493 e. The number of carboxylic acids is 1. The van der Waals surface area contributed by atoms with E-state index in [-0.39, 0.29) is 6.42 Å². The first-order chi connectivity index (χ1) is 8.13. The van der Waals surface area contributed by atoms with Crippen LogP contribution in [0.25, 0.3) is 0 Å². The quantitative estimate of drug-likeness (QED) is 0.835. The number of ether oxygens (including phenoxy) is 2. The molecule has 0 heterocycles. The molecule has 1 aromatic rings. The molecule has 1 rings (SSSR count). The maximum atomic E-state index is 10.8. The number of carbonyl (C=O) groups is 1. The van der Waals surface area contributed by atoms with Crippen LogP contribution in [-0.2, 0) is 11.2 Å². The van der Waals surface area contributed by atoms with Crippen molar-refractivity contribution in [2.45, 2.75) is 6.42 Å². The molecule has 1 aromatic carbocycles. The van der Waals surface area contributed by atoms with E-state index in [1.165, 1.54) is 14.2 Å². The van der Waals surface area contributed by atoms with Crippen LogP contribution in [0.5, 0.6) is 11.5 Å². The molecule has 0 fully saturated rings. The van der Waals surface area contributed by atoms with Crippen LogP contribution in [0.15, 0.2) is 18.2 Å². The highest BCUT2D eigenvalue weighted by Gasteiger charge is 2.20. The Hall–Kier alpha value is -2.22. The van der Waals surface area contributed by atoms with Gasteiger partial charge in [-0.05, 0) is 11.6 Å². The van der Waals surface area contributed by atoms with Crippen molar-refractivity contribution in [2.24, 2.45) is 5.92 Å². The maximum absolute atomic E-state index is 10.8. The molecular weight excluding hydrogens is 222 g/mol. The number of rotatable bonds is 5. The lowest BCUT2D eigenvalue weighted by Gasteiger charge is -2.13. The van der Waals surface area contributed by atoms with Gasteiger partial charge in [-0.3, -0.25) is 4.79 Å². The Morgan fingerprint density at radius 1 is 1.47 bits per heavy atom. The molecule has 5 nitrogen and oxygen atoms in total. The smallest absolute Gasteiger partial charge is 0.321 e. The number of para-hydroxylation sites is 1. The van der Waals surface area contributed by atoms with E-state index >= 15 is 0 Å². The Morgan fingerprint density at radius 2 is 2.18 bits per heavy atom. The predicted molar refractivity (Wildman–Crippen MR) is 60.0 cm³/mol. The average molecular weight is 235 g/mol. The Bertz CT molecular complexity index is 450. The molecule has 5 heteroatoms. The Kier molecular flexibility index (Phi) is 4.35. The number of nitriles is 1. The third-order valence-electron chi connectivity index (χ3n) is 2.36. The van der Waals surface area contributed by atoms with Crippen LogP contribution < -0.4 is 9.47 Å². The van der Waals surface area contributed by atoms with Gasteiger partial charge in [-0.15, -0.1) is 0 Å². The second kappa shape index (κ2) is 5.75. The first kappa shape index (κ1) is 12.8. The fourth-order valence-electron chi connectivity index (χ4n) is 1.52. The lowest BCUT2D eigenvalue weighted by Crippen LogP contribution is -2.14. The van der Waals surface area contributed by atoms with E-state index < -0.39 is 11.9 Å². The molecule has 0 unspecified atom stereocenters. The van der Waals surface area contributed by atoms with Gasteiger partial charge in [0.2, 0.25) is 0 Å². The van der Waals surface area contributed by atoms with E-state index in [0.717, 1.165) is 0 Å². The number of aliphatic carboxylic acids is 1. The van der Waals surface area contributed by atoms with Crippen molar-refractivity contribution in [1.29, 1.82) is 5.26 Å². The molecule has 0 radical (unpaired) electrons. The SMILES string of the molecule is COc1cccc(C[C@@H](C#N)C(=O)O)c1OC. The summed E-state index contributed by atoms with van der Waals surface area (Å²) in [7, 11) is 2.98. The van der Waals surface area contributed by atoms with Gasteiger partial charge >= 0.3 is 5.97 Å². The van der Waals surface area contributed by atoms with Crippen molar-refractivity contribution in [3.8, 4) is 17.6 Å². The molecule has 0 aromatic heterocycles. The minimum absolute atomic E-state index is 0.0895. The van der Waals surface area contributed by atoms with Gasteiger partial charge in [0.25, 0.3) is 0 Å². The van der Waals surface area contributed by atoms with Gasteiger partial charge in [0.05, 0.1) is 20.3 Å². The normalized spacial score (nSPS) is 11.4. The van der Waals surface area contributed by atoms with E-state index in [1.54, 1.807) is 24.3 Å². The van der Waals surface area contributed by atoms with Gasteiger partial charge in [0.15, 0.2) is 11.5 Å². The summed E-state index contributed by atoms with van der Waals surface area (Å²) >= 11 is 0. The molecular formula is C12H13NO4. The molecule has 0 amide bonds. The van der Waals surface area contributed by atoms with Crippen molar-refractivity contribution in [1.82, 2.24) is 0 Å². The van der Waals surface area contributed by atoms with Gasteiger partial charge < -0.3 is 14.6 Å². The molecule has 0 aliphatic carbocycles. The first-order valence-corrected chi connectivity index (χ1v) is 4.96. The van der Waals surface area contributed by atoms with Crippen molar-refractivity contribution >= 4 is 5.97 Å². The summed E-state index contributed by atoms with van der Waals surface area (Å²) in [6.07, 6.45) is 0.0895. The van der Waals surface area contributed by atoms with Crippen LogP contribution in [0.1, 0.15) is 5.56 Å². The Labute approximate surface area is 99.2 Å². The summed E-state index contributed by atoms with van der Waals surface area (Å²) in [4.78, 5) is 10.8. The average Bonchev–Trinajstić information content (AvgIpc) is 2.34. The lowest BCUT2D eigenvalue weighted by atomic mass is 10.00. The number of hydrogen-bond acceptors (Lipinski definition) is 4. The van der Waals surface area contributed by atoms with E-state index in [1.807, 2.05) is 0 Å². The van der Waals surface area contributed by atoms with E-state index in [9.17, 15) is 4.79 Å². The molecule has 90 valence electrons. The van der Waals surface area contributed by atoms with Crippen LogP contribution in [-0.4, -0.2) is 25.3 Å². The van der Waals surface area contributed by atoms with Crippen LogP contribution in [0, 0.1) is 17.2 Å². The van der Waals surface area contributed by atoms with Crippen LogP contribution in [0.2, 0.25) is 0 Å². The third-order valence-corrected chi connectivity index (χ3v) is 2.36. The molecule has 0 spiro atoms. The van der Waals surface area contributed by atoms with E-state index in [0.29, 0.717) is 17.1 Å². The van der Waals surface area contributed by atoms with Gasteiger partial charge in [0, 0.05) is 6.42 Å². The second-order valence-electron chi connectivity index (χ2n) is 3.38. The largest absolute Gasteiger partial charge is 0.493 e. The highest BCUT2D eigenvalue weighted by molar-refractivity contribution is 5.73. The zero-order valence-electron chi connectivity index (χ0n) is 9.64. The predicted octanol–water partition coefficient (Wildman–Crippen LogP) is 1.47. The van der Waals surface area contributed by atoms with Gasteiger partial charge in [-0.1, -0.05) is 12.1 Å². The highest BCUT2D eigenvalue weighted by atomic mass is 16.5. The Morgan fingerprint density at radius 3 is 2.65 bits per heavy atom. The summed E-state index contributed by atoms with van der Waals surface area (Å²) in [5.74, 6) is -1.24. The fraction of sp³-hybridized carbons (Fsp3) is 0.333. The first-order valence-electron chi connectivity index (χ1n) is 4.96. The molecule has 0 saturated carbocycles. The minimum atomic E-state index is -1.14. The zero-order valence-corrected chi connectivity index (χ0v) is 9.64. The Balaban J connectivity index is 3.06. The zero-order chi connectivity index (χ0) is 12.8. The maximum Gasteiger partial charge on any atom is 0.321 e. The van der Waals surface area contributed by atoms with Crippen LogP contribution >= 0.6 is 0 Å². The van der Waals surface area contributed by atoms with Crippen LogP contribution in [0.3, 0.4) is 0 Å². The molecule has 0 bridgehead atoms. The second-order valence-corrected chi connectivity index (χ2v) is 3.38. The summed E-state index contributed by atoms with van der Waals surface area (Å²) in [6, 6.07) is 6.90. The number of hydrogen-bond donors (Lipinski definition) is 1. The van der Waals surface area contributed by atoms with E-state index in [2.05, 4.69) is 0 Å². The van der Waals surface area contributed by atoms with Crippen molar-refractivity contribution < 1.29 is 19.4 Å². The molecule has 17 heavy (non-hydrogen) atoms. The molecule has 0 aliphatic heterocycles. The van der Waals surface area contributed by atoms with E-state index in [4.69, 9.17) is 19.8 Å². The number of methoxy groups -OCH3 is 2. The van der Waals surface area contributed by atoms with Crippen molar-refractivity contribution in [3.63, 3.8) is 0 Å². The topological polar surface area (TPSA) is 79.5 Å². The molecule has 1 N–H and O–H groups in total. The summed E-state index contributed by atoms with van der Waals surface area (Å²) < 4.78 is 10.3. The monoisotopic (exact) mass is 235 g/mol. The van der Waals surface area contributed by atoms with Gasteiger partial charge in [-0.2, -0.15) is 5.26 Å².